The van der Waals surface area contributed by atoms with Crippen molar-refractivity contribution in [1.29, 1.82) is 0 Å². The lowest BCUT2D eigenvalue weighted by molar-refractivity contribution is 0.122. The van der Waals surface area contributed by atoms with Crippen molar-refractivity contribution in [1.82, 2.24) is 25.1 Å². The third-order valence-corrected chi connectivity index (χ3v) is 6.60. The molecule has 6 rings (SSSR count). The molecule has 202 valence electrons. The normalized spacial score (nSPS) is 13.4. The molecule has 0 spiro atoms. The highest BCUT2D eigenvalue weighted by atomic mass is 35.5. The van der Waals surface area contributed by atoms with E-state index in [0.29, 0.717) is 53.9 Å². The molecule has 5 aromatic rings. The van der Waals surface area contributed by atoms with Gasteiger partial charge in [0.2, 0.25) is 17.1 Å². The lowest BCUT2D eigenvalue weighted by atomic mass is 10.2. The maximum atomic E-state index is 12.7. The van der Waals surface area contributed by atoms with Crippen LogP contribution in [0.3, 0.4) is 0 Å². The molecule has 13 nitrogen and oxygen atoms in total. The number of ether oxygens (including phenoxy) is 1. The zero-order valence-corrected chi connectivity index (χ0v) is 22.1. The highest BCUT2D eigenvalue weighted by Crippen LogP contribution is 2.29. The van der Waals surface area contributed by atoms with E-state index in [1.807, 2.05) is 17.0 Å². The second kappa shape index (κ2) is 11.3. The smallest absolute Gasteiger partial charge is 0.349 e. The maximum Gasteiger partial charge on any atom is 0.349 e. The number of anilines is 3. The van der Waals surface area contributed by atoms with Crippen LogP contribution in [0.2, 0.25) is 5.02 Å². The SMILES string of the molecule is O=C(Nc1cccc(Cl)c1)Nc1nc(Sc2nnc(-c3cc4ccccc4oc3=O)o2)nc(N2CCOCC2)n1. The van der Waals surface area contributed by atoms with Gasteiger partial charge in [0.05, 0.1) is 13.2 Å². The number of halogens is 1. The van der Waals surface area contributed by atoms with Gasteiger partial charge in [-0.05, 0) is 30.3 Å². The van der Waals surface area contributed by atoms with Crippen LogP contribution in [0.15, 0.2) is 78.6 Å². The van der Waals surface area contributed by atoms with Crippen LogP contribution in [0.25, 0.3) is 22.4 Å². The number of nitrogens with zero attached hydrogens (tertiary/aromatic N) is 6. The van der Waals surface area contributed by atoms with Gasteiger partial charge in [-0.2, -0.15) is 15.0 Å². The second-order valence-electron chi connectivity index (χ2n) is 8.39. The van der Waals surface area contributed by atoms with Gasteiger partial charge in [0.25, 0.3) is 11.1 Å². The van der Waals surface area contributed by atoms with Crippen molar-refractivity contribution in [2.75, 3.05) is 41.8 Å². The molecular formula is C25H19ClN8O5S. The summed E-state index contributed by atoms with van der Waals surface area (Å²) in [6.45, 7) is 2.14. The molecule has 1 aliphatic rings. The standard InChI is InChI=1S/C25H19ClN8O5S/c26-15-5-3-6-16(13-15)27-23(36)29-21-28-22(34-8-10-37-11-9-34)31-24(30-21)40-25-33-32-19(39-25)17-12-14-4-1-2-7-18(14)38-20(17)35/h1-7,12-13H,8-11H2,(H2,27,28,29,30,31,36). The van der Waals surface area contributed by atoms with Gasteiger partial charge >= 0.3 is 11.7 Å². The summed E-state index contributed by atoms with van der Waals surface area (Å²) in [4.78, 5) is 40.3. The number of carbonyl (C=O) groups is 1. The number of urea groups is 1. The van der Waals surface area contributed by atoms with Gasteiger partial charge in [0.1, 0.15) is 11.1 Å². The van der Waals surface area contributed by atoms with Gasteiger partial charge in [0.15, 0.2) is 0 Å². The molecule has 0 atom stereocenters. The van der Waals surface area contributed by atoms with Crippen LogP contribution in [0, 0.1) is 0 Å². The fourth-order valence-electron chi connectivity index (χ4n) is 3.83. The quantitative estimate of drug-likeness (QED) is 0.275. The van der Waals surface area contributed by atoms with Gasteiger partial charge < -0.3 is 23.8 Å². The number of fused-ring (bicyclic) bond motifs is 1. The molecule has 0 saturated carbocycles. The number of hydrogen-bond acceptors (Lipinski definition) is 12. The van der Waals surface area contributed by atoms with E-state index < -0.39 is 11.7 Å². The number of nitrogens with one attached hydrogen (secondary N) is 2. The van der Waals surface area contributed by atoms with Gasteiger partial charge in [-0.1, -0.05) is 35.9 Å². The van der Waals surface area contributed by atoms with Crippen LogP contribution in [0.4, 0.5) is 22.4 Å². The lowest BCUT2D eigenvalue weighted by Gasteiger charge is -2.26. The Kier molecular flexibility index (Phi) is 7.27. The van der Waals surface area contributed by atoms with Crippen LogP contribution in [0.5, 0.6) is 0 Å². The van der Waals surface area contributed by atoms with Crippen molar-refractivity contribution in [3.05, 3.63) is 70.0 Å². The number of rotatable bonds is 6. The number of benzene rings is 2. The van der Waals surface area contributed by atoms with E-state index in [9.17, 15) is 9.59 Å². The summed E-state index contributed by atoms with van der Waals surface area (Å²) in [6, 6.07) is 14.9. The largest absolute Gasteiger partial charge is 0.422 e. The zero-order chi connectivity index (χ0) is 27.5. The van der Waals surface area contributed by atoms with Crippen LogP contribution in [-0.4, -0.2) is 57.5 Å². The molecule has 0 radical (unpaired) electrons. The van der Waals surface area contributed by atoms with E-state index in [2.05, 4.69) is 35.8 Å². The Labute approximate surface area is 234 Å². The number of para-hydroxylation sites is 1. The minimum Gasteiger partial charge on any atom is -0.422 e. The van der Waals surface area contributed by atoms with Crippen LogP contribution in [-0.2, 0) is 4.74 Å². The van der Waals surface area contributed by atoms with E-state index >= 15 is 0 Å². The van der Waals surface area contributed by atoms with Crippen LogP contribution < -0.4 is 21.2 Å². The van der Waals surface area contributed by atoms with Gasteiger partial charge in [-0.15, -0.1) is 10.2 Å². The molecule has 3 aromatic heterocycles. The molecule has 4 heterocycles. The molecule has 0 bridgehead atoms. The summed E-state index contributed by atoms with van der Waals surface area (Å²) in [5.41, 5.74) is 0.470. The topological polar surface area (TPSA) is 161 Å². The fourth-order valence-corrected chi connectivity index (χ4v) is 4.64. The molecule has 15 heteroatoms. The Morgan fingerprint density at radius 3 is 2.65 bits per heavy atom. The minimum atomic E-state index is -0.606. The van der Waals surface area contributed by atoms with E-state index in [4.69, 9.17) is 25.2 Å². The molecule has 1 saturated heterocycles. The molecule has 0 aliphatic carbocycles. The Hall–Kier alpha value is -4.53. The molecular weight excluding hydrogens is 560 g/mol. The van der Waals surface area contributed by atoms with E-state index in [0.717, 1.165) is 11.8 Å². The summed E-state index contributed by atoms with van der Waals surface area (Å²) >= 11 is 6.96. The van der Waals surface area contributed by atoms with Gasteiger partial charge in [0, 0.05) is 40.9 Å². The Balaban J connectivity index is 1.26. The molecule has 40 heavy (non-hydrogen) atoms. The van der Waals surface area contributed by atoms with Gasteiger partial charge in [-0.3, -0.25) is 5.32 Å². The minimum absolute atomic E-state index is 0.00781. The first-order chi connectivity index (χ1) is 19.5. The zero-order valence-electron chi connectivity index (χ0n) is 20.5. The van der Waals surface area contributed by atoms with Crippen molar-refractivity contribution in [2.45, 2.75) is 10.4 Å². The predicted octanol–water partition coefficient (Wildman–Crippen LogP) is 4.31. The molecule has 1 aliphatic heterocycles. The molecule has 2 N–H and O–H groups in total. The number of hydrogen-bond donors (Lipinski definition) is 2. The Bertz CT molecular complexity index is 1760. The summed E-state index contributed by atoms with van der Waals surface area (Å²) in [6.07, 6.45) is 0. The Morgan fingerprint density at radius 1 is 0.950 bits per heavy atom. The van der Waals surface area contributed by atoms with Gasteiger partial charge in [-0.25, -0.2) is 9.59 Å². The molecule has 2 amide bonds. The third kappa shape index (κ3) is 5.88. The average Bonchev–Trinajstić information content (AvgIpc) is 3.41. The van der Waals surface area contributed by atoms with E-state index in [1.54, 1.807) is 42.5 Å². The fraction of sp³-hybridized carbons (Fsp3) is 0.160. The monoisotopic (exact) mass is 578 g/mol. The summed E-state index contributed by atoms with van der Waals surface area (Å²) in [5, 5.41) is 14.8. The highest BCUT2D eigenvalue weighted by Gasteiger charge is 2.21. The summed E-state index contributed by atoms with van der Waals surface area (Å²) in [5.74, 6) is 0.339. The van der Waals surface area contributed by atoms with E-state index in [1.165, 1.54) is 0 Å². The summed E-state index contributed by atoms with van der Waals surface area (Å²) in [7, 11) is 0. The first kappa shape index (κ1) is 25.7. The molecule has 2 aromatic carbocycles. The molecule has 0 unspecified atom stereocenters. The number of morpholine rings is 1. The Morgan fingerprint density at radius 2 is 1.80 bits per heavy atom. The van der Waals surface area contributed by atoms with Crippen molar-refractivity contribution >= 4 is 57.9 Å². The second-order valence-corrected chi connectivity index (χ2v) is 9.75. The maximum absolute atomic E-state index is 12.7. The van der Waals surface area contributed by atoms with Crippen LogP contribution >= 0.6 is 23.4 Å². The van der Waals surface area contributed by atoms with E-state index in [-0.39, 0.29) is 27.8 Å². The van der Waals surface area contributed by atoms with Crippen molar-refractivity contribution in [2.24, 2.45) is 0 Å². The predicted molar refractivity (Wildman–Crippen MR) is 147 cm³/mol. The average molecular weight is 579 g/mol. The van der Waals surface area contributed by atoms with Crippen molar-refractivity contribution in [3.8, 4) is 11.5 Å². The third-order valence-electron chi connectivity index (χ3n) is 5.66. The van der Waals surface area contributed by atoms with Crippen molar-refractivity contribution < 1.29 is 18.4 Å². The number of carbonyl (C=O) groups excluding carboxylic acids is 1. The number of amides is 2. The first-order valence-corrected chi connectivity index (χ1v) is 13.2. The summed E-state index contributed by atoms with van der Waals surface area (Å²) < 4.78 is 16.5. The molecule has 1 fully saturated rings. The van der Waals surface area contributed by atoms with Crippen LogP contribution in [0.1, 0.15) is 0 Å². The number of aromatic nitrogens is 5. The lowest BCUT2D eigenvalue weighted by Crippen LogP contribution is -2.37. The van der Waals surface area contributed by atoms with Crippen molar-refractivity contribution in [3.63, 3.8) is 0 Å². The first-order valence-electron chi connectivity index (χ1n) is 12.0. The highest BCUT2D eigenvalue weighted by molar-refractivity contribution is 7.98.